The van der Waals surface area contributed by atoms with Gasteiger partial charge in [-0.15, -0.1) is 10.2 Å². The van der Waals surface area contributed by atoms with Gasteiger partial charge in [-0.1, -0.05) is 24.3 Å². The van der Waals surface area contributed by atoms with Crippen molar-refractivity contribution in [3.8, 4) is 0 Å². The van der Waals surface area contributed by atoms with Gasteiger partial charge in [0.25, 0.3) is 0 Å². The molecule has 0 bridgehead atoms. The van der Waals surface area contributed by atoms with Crippen LogP contribution in [-0.4, -0.2) is 31.2 Å². The Hall–Kier alpha value is -2.47. The van der Waals surface area contributed by atoms with Crippen LogP contribution in [0.1, 0.15) is 23.7 Å². The van der Waals surface area contributed by atoms with E-state index in [1.807, 2.05) is 28.8 Å². The van der Waals surface area contributed by atoms with E-state index in [0.717, 1.165) is 29.1 Å². The Morgan fingerprint density at radius 2 is 2.14 bits per heavy atom. The molecule has 106 valence electrons. The van der Waals surface area contributed by atoms with Crippen LogP contribution in [0, 0.1) is 0 Å². The lowest BCUT2D eigenvalue weighted by Crippen LogP contribution is -2.24. The highest BCUT2D eigenvalue weighted by Crippen LogP contribution is 2.29. The molecule has 0 aliphatic carbocycles. The molecule has 1 aliphatic rings. The fraction of sp³-hybridized carbons (Fsp3) is 0.267. The van der Waals surface area contributed by atoms with Crippen molar-refractivity contribution in [2.45, 2.75) is 19.1 Å². The largest absolute Gasteiger partial charge is 0.388 e. The molecule has 0 spiro atoms. The molecule has 6 nitrogen and oxygen atoms in total. The van der Waals surface area contributed by atoms with E-state index < -0.39 is 6.10 Å². The average Bonchev–Trinajstić information content (AvgIpc) is 2.93. The Balaban J connectivity index is 1.79. The third kappa shape index (κ3) is 2.04. The van der Waals surface area contributed by atoms with Crippen molar-refractivity contribution >= 4 is 11.5 Å². The molecule has 1 unspecified atom stereocenters. The molecule has 3 heterocycles. The minimum absolute atomic E-state index is 0.427. The molecule has 1 N–H and O–H groups in total. The molecule has 0 saturated carbocycles. The maximum Gasteiger partial charge on any atom is 0.203 e. The third-order valence-electron chi connectivity index (χ3n) is 3.94. The zero-order chi connectivity index (χ0) is 14.2. The highest BCUT2D eigenvalue weighted by atomic mass is 16.3. The quantitative estimate of drug-likeness (QED) is 0.733. The summed E-state index contributed by atoms with van der Waals surface area (Å²) in [5.41, 5.74) is 2.88. The molecule has 0 fully saturated rings. The summed E-state index contributed by atoms with van der Waals surface area (Å²) in [5, 5.41) is 18.4. The summed E-state index contributed by atoms with van der Waals surface area (Å²) in [6.45, 7) is 1.45. The maximum absolute atomic E-state index is 10.3. The summed E-state index contributed by atoms with van der Waals surface area (Å²) >= 11 is 0. The van der Waals surface area contributed by atoms with E-state index in [9.17, 15) is 5.11 Å². The van der Waals surface area contributed by atoms with Gasteiger partial charge in [-0.25, -0.2) is 4.98 Å². The van der Waals surface area contributed by atoms with Crippen molar-refractivity contribution in [2.75, 3.05) is 11.4 Å². The zero-order valence-electron chi connectivity index (χ0n) is 11.4. The topological polar surface area (TPSA) is 66.5 Å². The molecule has 0 saturated heterocycles. The van der Waals surface area contributed by atoms with E-state index in [1.165, 1.54) is 0 Å². The van der Waals surface area contributed by atoms with E-state index in [2.05, 4.69) is 26.1 Å². The second-order valence-electron chi connectivity index (χ2n) is 5.24. The number of hydrogen-bond donors (Lipinski definition) is 1. The number of hydrogen-bond acceptors (Lipinski definition) is 5. The van der Waals surface area contributed by atoms with Crippen LogP contribution < -0.4 is 4.90 Å². The molecule has 6 heteroatoms. The summed E-state index contributed by atoms with van der Waals surface area (Å²) in [6, 6.07) is 8.02. The van der Waals surface area contributed by atoms with Gasteiger partial charge in [0.05, 0.1) is 6.10 Å². The first-order valence-corrected chi connectivity index (χ1v) is 6.98. The third-order valence-corrected chi connectivity index (χ3v) is 3.94. The van der Waals surface area contributed by atoms with Gasteiger partial charge < -0.3 is 10.0 Å². The first kappa shape index (κ1) is 12.3. The normalized spacial score (nSPS) is 18.5. The number of rotatable bonds is 1. The number of nitrogens with zero attached hydrogens (tertiary/aromatic N) is 5. The summed E-state index contributed by atoms with van der Waals surface area (Å²) in [6.07, 6.45) is 5.50. The van der Waals surface area contributed by atoms with Crippen LogP contribution in [0.4, 0.5) is 5.82 Å². The summed E-state index contributed by atoms with van der Waals surface area (Å²) in [5.74, 6) is 0.805. The Labute approximate surface area is 121 Å². The maximum atomic E-state index is 10.3. The number of aliphatic hydroxyl groups is 1. The minimum atomic E-state index is -0.427. The second kappa shape index (κ2) is 4.82. The van der Waals surface area contributed by atoms with E-state index in [0.29, 0.717) is 13.0 Å². The van der Waals surface area contributed by atoms with Crippen molar-refractivity contribution in [1.29, 1.82) is 0 Å². The van der Waals surface area contributed by atoms with Crippen molar-refractivity contribution in [3.63, 3.8) is 0 Å². The smallest absolute Gasteiger partial charge is 0.203 e. The fourth-order valence-electron chi connectivity index (χ4n) is 2.87. The summed E-state index contributed by atoms with van der Waals surface area (Å²) in [4.78, 5) is 6.62. The monoisotopic (exact) mass is 281 g/mol. The molecule has 1 aromatic carbocycles. The Kier molecular flexibility index (Phi) is 2.82. The van der Waals surface area contributed by atoms with E-state index in [4.69, 9.17) is 0 Å². The van der Waals surface area contributed by atoms with E-state index >= 15 is 0 Å². The Morgan fingerprint density at radius 3 is 3.10 bits per heavy atom. The summed E-state index contributed by atoms with van der Waals surface area (Å²) < 4.78 is 1.86. The number of benzene rings is 1. The standard InChI is InChI=1S/C15H15N5O/c21-13-5-7-19(9-11-3-1-2-4-12(11)13)14-15-18-17-10-20(15)8-6-16-14/h1-4,6,8,10,13,21H,5,7,9H2. The van der Waals surface area contributed by atoms with Crippen LogP contribution in [-0.2, 0) is 6.54 Å². The molecule has 21 heavy (non-hydrogen) atoms. The lowest BCUT2D eigenvalue weighted by molar-refractivity contribution is 0.171. The zero-order valence-corrected chi connectivity index (χ0v) is 11.4. The highest BCUT2D eigenvalue weighted by Gasteiger charge is 2.22. The Bertz CT molecular complexity index is 784. The van der Waals surface area contributed by atoms with Crippen molar-refractivity contribution in [3.05, 3.63) is 54.1 Å². The molecule has 0 amide bonds. The molecule has 0 radical (unpaired) electrons. The van der Waals surface area contributed by atoms with Crippen LogP contribution in [0.15, 0.2) is 43.0 Å². The minimum Gasteiger partial charge on any atom is -0.388 e. The first-order chi connectivity index (χ1) is 10.3. The van der Waals surface area contributed by atoms with Crippen LogP contribution >= 0.6 is 0 Å². The second-order valence-corrected chi connectivity index (χ2v) is 5.24. The Morgan fingerprint density at radius 1 is 1.24 bits per heavy atom. The van der Waals surface area contributed by atoms with Crippen molar-refractivity contribution in [1.82, 2.24) is 19.6 Å². The lowest BCUT2D eigenvalue weighted by atomic mass is 10.0. The lowest BCUT2D eigenvalue weighted by Gasteiger charge is -2.21. The van der Waals surface area contributed by atoms with Gasteiger partial charge in [-0.2, -0.15) is 0 Å². The molecule has 1 atom stereocenters. The van der Waals surface area contributed by atoms with Gasteiger partial charge in [0.1, 0.15) is 6.33 Å². The number of aromatic nitrogens is 4. The van der Waals surface area contributed by atoms with Crippen LogP contribution in [0.2, 0.25) is 0 Å². The number of anilines is 1. The van der Waals surface area contributed by atoms with E-state index in [1.54, 1.807) is 12.5 Å². The molecule has 3 aromatic rings. The van der Waals surface area contributed by atoms with Crippen LogP contribution in [0.5, 0.6) is 0 Å². The van der Waals surface area contributed by atoms with Crippen LogP contribution in [0.3, 0.4) is 0 Å². The van der Waals surface area contributed by atoms with E-state index in [-0.39, 0.29) is 0 Å². The van der Waals surface area contributed by atoms with Crippen molar-refractivity contribution in [2.24, 2.45) is 0 Å². The van der Waals surface area contributed by atoms with Crippen LogP contribution in [0.25, 0.3) is 5.65 Å². The summed E-state index contributed by atoms with van der Waals surface area (Å²) in [7, 11) is 0. The van der Waals surface area contributed by atoms with Gasteiger partial charge >= 0.3 is 0 Å². The van der Waals surface area contributed by atoms with Gasteiger partial charge in [-0.05, 0) is 17.5 Å². The molecule has 4 rings (SSSR count). The van der Waals surface area contributed by atoms with Gasteiger partial charge in [0, 0.05) is 25.5 Å². The first-order valence-electron chi connectivity index (χ1n) is 6.98. The van der Waals surface area contributed by atoms with Gasteiger partial charge in [0.2, 0.25) is 5.65 Å². The van der Waals surface area contributed by atoms with Crippen molar-refractivity contribution < 1.29 is 5.11 Å². The molecular weight excluding hydrogens is 266 g/mol. The average molecular weight is 281 g/mol. The van der Waals surface area contributed by atoms with Gasteiger partial charge in [-0.3, -0.25) is 4.40 Å². The number of aliphatic hydroxyl groups excluding tert-OH is 1. The fourth-order valence-corrected chi connectivity index (χ4v) is 2.87. The van der Waals surface area contributed by atoms with Gasteiger partial charge in [0.15, 0.2) is 5.82 Å². The molecule has 2 aromatic heterocycles. The molecular formula is C15H15N5O. The predicted molar refractivity (Wildman–Crippen MR) is 77.9 cm³/mol. The predicted octanol–water partition coefficient (Wildman–Crippen LogP) is 1.57. The number of fused-ring (bicyclic) bond motifs is 2. The molecule has 1 aliphatic heterocycles. The SMILES string of the molecule is OC1CCN(c2nccn3cnnc23)Cc2ccccc21. The highest BCUT2D eigenvalue weighted by molar-refractivity contribution is 5.63.